The summed E-state index contributed by atoms with van der Waals surface area (Å²) in [7, 11) is 1.71. The minimum absolute atomic E-state index is 0.211. The first-order valence-electron chi connectivity index (χ1n) is 6.38. The largest absolute Gasteiger partial charge is 0.380 e. The molecule has 4 heteroatoms. The Labute approximate surface area is 118 Å². The van der Waals surface area contributed by atoms with Gasteiger partial charge in [0.25, 0.3) is 0 Å². The average molecular weight is 276 g/mol. The van der Waals surface area contributed by atoms with Gasteiger partial charge in [0.15, 0.2) is 0 Å². The quantitative estimate of drug-likeness (QED) is 0.893. The van der Waals surface area contributed by atoms with Gasteiger partial charge in [0.05, 0.1) is 23.4 Å². The molecule has 0 spiro atoms. The van der Waals surface area contributed by atoms with Gasteiger partial charge < -0.3 is 10.1 Å². The lowest BCUT2D eigenvalue weighted by molar-refractivity contribution is 0.185. The van der Waals surface area contributed by atoms with Crippen molar-refractivity contribution in [3.8, 4) is 0 Å². The van der Waals surface area contributed by atoms with E-state index in [0.29, 0.717) is 6.61 Å². The zero-order valence-corrected chi connectivity index (χ0v) is 12.7. The van der Waals surface area contributed by atoms with Crippen LogP contribution in [0, 0.1) is 13.8 Å². The summed E-state index contributed by atoms with van der Waals surface area (Å²) in [5.74, 6) is 0. The van der Waals surface area contributed by atoms with Crippen LogP contribution >= 0.6 is 11.3 Å². The van der Waals surface area contributed by atoms with Crippen LogP contribution in [-0.4, -0.2) is 12.1 Å². The van der Waals surface area contributed by atoms with E-state index < -0.39 is 0 Å². The van der Waals surface area contributed by atoms with Crippen molar-refractivity contribution in [2.45, 2.75) is 33.4 Å². The molecule has 0 saturated carbocycles. The normalized spacial score (nSPS) is 12.4. The molecule has 0 amide bonds. The molecule has 0 aliphatic heterocycles. The third-order valence-electron chi connectivity index (χ3n) is 2.97. The van der Waals surface area contributed by atoms with Gasteiger partial charge in [-0.25, -0.2) is 4.98 Å². The van der Waals surface area contributed by atoms with E-state index in [2.05, 4.69) is 42.3 Å². The van der Waals surface area contributed by atoms with Crippen LogP contribution in [0.5, 0.6) is 0 Å². The van der Waals surface area contributed by atoms with Crippen LogP contribution in [0.15, 0.2) is 24.3 Å². The van der Waals surface area contributed by atoms with Crippen LogP contribution in [0.3, 0.4) is 0 Å². The SMILES string of the molecule is COCc1cccc(NC(C)c2nc(C)sc2C)c1. The van der Waals surface area contributed by atoms with Gasteiger partial charge in [-0.2, -0.15) is 0 Å². The van der Waals surface area contributed by atoms with Crippen LogP contribution in [0.25, 0.3) is 0 Å². The molecule has 2 rings (SSSR count). The van der Waals surface area contributed by atoms with Crippen molar-refractivity contribution in [3.63, 3.8) is 0 Å². The molecule has 1 aromatic carbocycles. The fraction of sp³-hybridized carbons (Fsp3) is 0.400. The number of nitrogens with one attached hydrogen (secondary N) is 1. The summed E-state index contributed by atoms with van der Waals surface area (Å²) >= 11 is 1.75. The monoisotopic (exact) mass is 276 g/mol. The van der Waals surface area contributed by atoms with Gasteiger partial charge in [-0.1, -0.05) is 12.1 Å². The molecule has 0 bridgehead atoms. The number of ether oxygens (including phenoxy) is 1. The van der Waals surface area contributed by atoms with Gasteiger partial charge in [0, 0.05) is 17.7 Å². The molecule has 1 N–H and O–H groups in total. The molecule has 0 saturated heterocycles. The van der Waals surface area contributed by atoms with Gasteiger partial charge in [0.1, 0.15) is 0 Å². The maximum Gasteiger partial charge on any atom is 0.0901 e. The summed E-state index contributed by atoms with van der Waals surface area (Å²) < 4.78 is 5.16. The second kappa shape index (κ2) is 6.17. The number of hydrogen-bond acceptors (Lipinski definition) is 4. The third-order valence-corrected chi connectivity index (χ3v) is 3.87. The zero-order chi connectivity index (χ0) is 13.8. The van der Waals surface area contributed by atoms with Crippen molar-refractivity contribution in [1.29, 1.82) is 0 Å². The van der Waals surface area contributed by atoms with E-state index in [1.54, 1.807) is 18.4 Å². The Hall–Kier alpha value is -1.39. The van der Waals surface area contributed by atoms with Crippen molar-refractivity contribution in [1.82, 2.24) is 4.98 Å². The fourth-order valence-corrected chi connectivity index (χ4v) is 3.10. The zero-order valence-electron chi connectivity index (χ0n) is 11.9. The molecule has 0 fully saturated rings. The molecule has 3 nitrogen and oxygen atoms in total. The third kappa shape index (κ3) is 3.55. The highest BCUT2D eigenvalue weighted by Crippen LogP contribution is 2.25. The fourth-order valence-electron chi connectivity index (χ4n) is 2.18. The number of anilines is 1. The van der Waals surface area contributed by atoms with Crippen molar-refractivity contribution in [2.24, 2.45) is 0 Å². The number of thiazole rings is 1. The van der Waals surface area contributed by atoms with Crippen molar-refractivity contribution >= 4 is 17.0 Å². The van der Waals surface area contributed by atoms with E-state index in [0.717, 1.165) is 16.4 Å². The molecule has 0 aliphatic rings. The summed E-state index contributed by atoms with van der Waals surface area (Å²) in [4.78, 5) is 5.88. The second-order valence-corrected chi connectivity index (χ2v) is 6.08. The molecule has 102 valence electrons. The standard InChI is InChI=1S/C15H20N2OS/c1-10(15-11(2)19-12(3)17-15)16-14-7-5-6-13(8-14)9-18-4/h5-8,10,16H,9H2,1-4H3. The maximum absolute atomic E-state index is 5.16. The number of aryl methyl sites for hydroxylation is 2. The van der Waals surface area contributed by atoms with Gasteiger partial charge >= 0.3 is 0 Å². The molecular formula is C15H20N2OS. The molecule has 1 aromatic heterocycles. The number of rotatable bonds is 5. The van der Waals surface area contributed by atoms with Crippen LogP contribution < -0.4 is 5.32 Å². The Morgan fingerprint density at radius 2 is 2.16 bits per heavy atom. The highest BCUT2D eigenvalue weighted by atomic mass is 32.1. The van der Waals surface area contributed by atoms with E-state index >= 15 is 0 Å². The summed E-state index contributed by atoms with van der Waals surface area (Å²) in [6.07, 6.45) is 0. The molecule has 1 heterocycles. The first-order valence-corrected chi connectivity index (χ1v) is 7.20. The van der Waals surface area contributed by atoms with Crippen LogP contribution in [-0.2, 0) is 11.3 Å². The molecule has 1 atom stereocenters. The Balaban J connectivity index is 2.12. The van der Waals surface area contributed by atoms with Gasteiger partial charge in [-0.3, -0.25) is 0 Å². The number of benzene rings is 1. The molecule has 0 radical (unpaired) electrons. The smallest absolute Gasteiger partial charge is 0.0901 e. The Kier molecular flexibility index (Phi) is 4.56. The topological polar surface area (TPSA) is 34.1 Å². The maximum atomic E-state index is 5.16. The first-order chi connectivity index (χ1) is 9.10. The molecule has 0 aliphatic carbocycles. The van der Waals surface area contributed by atoms with Crippen molar-refractivity contribution in [2.75, 3.05) is 12.4 Å². The van der Waals surface area contributed by atoms with E-state index in [4.69, 9.17) is 4.74 Å². The van der Waals surface area contributed by atoms with E-state index in [1.165, 1.54) is 10.4 Å². The van der Waals surface area contributed by atoms with Crippen LogP contribution in [0.1, 0.15) is 34.1 Å². The van der Waals surface area contributed by atoms with Crippen LogP contribution in [0.4, 0.5) is 5.69 Å². The van der Waals surface area contributed by atoms with Gasteiger partial charge in [0.2, 0.25) is 0 Å². The second-order valence-electron chi connectivity index (χ2n) is 4.67. The van der Waals surface area contributed by atoms with E-state index in [1.807, 2.05) is 13.0 Å². The highest BCUT2D eigenvalue weighted by molar-refractivity contribution is 7.11. The lowest BCUT2D eigenvalue weighted by Gasteiger charge is -2.15. The lowest BCUT2D eigenvalue weighted by atomic mass is 10.1. The summed E-state index contributed by atoms with van der Waals surface area (Å²) in [6, 6.07) is 8.52. The minimum atomic E-state index is 0.211. The summed E-state index contributed by atoms with van der Waals surface area (Å²) in [5, 5.41) is 4.62. The Morgan fingerprint density at radius 1 is 1.37 bits per heavy atom. The predicted molar refractivity (Wildman–Crippen MR) is 80.8 cm³/mol. The molecular weight excluding hydrogens is 256 g/mol. The summed E-state index contributed by atoms with van der Waals surface area (Å²) in [6.45, 7) is 6.95. The summed E-state index contributed by atoms with van der Waals surface area (Å²) in [5.41, 5.74) is 3.41. The number of hydrogen-bond donors (Lipinski definition) is 1. The molecule has 19 heavy (non-hydrogen) atoms. The van der Waals surface area contributed by atoms with Gasteiger partial charge in [-0.15, -0.1) is 11.3 Å². The van der Waals surface area contributed by atoms with Crippen molar-refractivity contribution < 1.29 is 4.74 Å². The van der Waals surface area contributed by atoms with E-state index in [-0.39, 0.29) is 6.04 Å². The van der Waals surface area contributed by atoms with Crippen molar-refractivity contribution in [3.05, 3.63) is 45.4 Å². The number of aromatic nitrogens is 1. The molecule has 2 aromatic rings. The average Bonchev–Trinajstić information content (AvgIpc) is 2.69. The van der Waals surface area contributed by atoms with Gasteiger partial charge in [-0.05, 0) is 38.5 Å². The lowest BCUT2D eigenvalue weighted by Crippen LogP contribution is -2.08. The Morgan fingerprint density at radius 3 is 2.79 bits per heavy atom. The first kappa shape index (κ1) is 14.0. The van der Waals surface area contributed by atoms with Crippen LogP contribution in [0.2, 0.25) is 0 Å². The number of nitrogens with zero attached hydrogens (tertiary/aromatic N) is 1. The highest BCUT2D eigenvalue weighted by Gasteiger charge is 2.12. The predicted octanol–water partition coefficient (Wildman–Crippen LogP) is 4.08. The molecule has 1 unspecified atom stereocenters. The Bertz CT molecular complexity index is 551. The van der Waals surface area contributed by atoms with E-state index in [9.17, 15) is 0 Å². The number of methoxy groups -OCH3 is 1. The minimum Gasteiger partial charge on any atom is -0.380 e.